The molecule has 3 rings (SSSR count). The van der Waals surface area contributed by atoms with E-state index in [0.29, 0.717) is 11.1 Å². The Morgan fingerprint density at radius 1 is 1.36 bits per heavy atom. The van der Waals surface area contributed by atoms with Crippen molar-refractivity contribution in [2.45, 2.75) is 25.9 Å². The van der Waals surface area contributed by atoms with E-state index in [4.69, 9.17) is 20.9 Å². The largest absolute Gasteiger partial charge is 0.546 e. The molecule has 0 aliphatic carbocycles. The molecule has 25 heavy (non-hydrogen) atoms. The van der Waals surface area contributed by atoms with Crippen molar-refractivity contribution in [3.05, 3.63) is 47.2 Å². The number of carboxylic acid groups (broad SMARTS) is 1. The Kier molecular flexibility index (Phi) is 4.39. The smallest absolute Gasteiger partial charge is 0.189 e. The number of aliphatic carboxylic acids is 1. The lowest BCUT2D eigenvalue weighted by Gasteiger charge is -2.30. The molecule has 1 heterocycles. The van der Waals surface area contributed by atoms with Crippen LogP contribution in [0.25, 0.3) is 22.2 Å². The van der Waals surface area contributed by atoms with Crippen molar-refractivity contribution < 1.29 is 23.6 Å². The number of nitrogens with zero attached hydrogens (tertiary/aromatic N) is 1. The first-order chi connectivity index (χ1) is 11.9. The summed E-state index contributed by atoms with van der Waals surface area (Å²) in [6.45, 7) is 3.06. The molecule has 0 aliphatic rings. The molecule has 0 spiro atoms. The zero-order valence-electron chi connectivity index (χ0n) is 13.5. The second kappa shape index (κ2) is 6.37. The molecular formula is C18H14ClFNO4-. The molecule has 0 bridgehead atoms. The molecule has 1 unspecified atom stereocenters. The van der Waals surface area contributed by atoms with Crippen LogP contribution in [0.15, 0.2) is 40.9 Å². The quantitative estimate of drug-likeness (QED) is 0.693. The molecule has 0 amide bonds. The molecule has 0 saturated heterocycles. The molecule has 2 aromatic carbocycles. The maximum absolute atomic E-state index is 14.0. The zero-order chi connectivity index (χ0) is 18.2. The van der Waals surface area contributed by atoms with Gasteiger partial charge in [-0.15, -0.1) is 0 Å². The first-order valence-corrected chi connectivity index (χ1v) is 7.98. The number of aromatic nitrogens is 1. The number of hydrogen-bond donors (Lipinski definition) is 0. The number of benzene rings is 2. The highest BCUT2D eigenvalue weighted by molar-refractivity contribution is 6.36. The highest BCUT2D eigenvalue weighted by Gasteiger charge is 2.28. The lowest BCUT2D eigenvalue weighted by molar-refractivity contribution is -0.321. The number of carbonyl (C=O) groups excluding carboxylic acids is 1. The van der Waals surface area contributed by atoms with Crippen molar-refractivity contribution in [3.63, 3.8) is 0 Å². The van der Waals surface area contributed by atoms with E-state index in [-0.39, 0.29) is 28.3 Å². The van der Waals surface area contributed by atoms with Crippen molar-refractivity contribution in [3.8, 4) is 17.0 Å². The third kappa shape index (κ3) is 2.93. The first-order valence-electron chi connectivity index (χ1n) is 7.60. The summed E-state index contributed by atoms with van der Waals surface area (Å²) in [7, 11) is 0. The van der Waals surface area contributed by atoms with Gasteiger partial charge in [-0.05, 0) is 37.6 Å². The molecule has 0 fully saturated rings. The molecule has 0 saturated carbocycles. The second-order valence-corrected chi connectivity index (χ2v) is 6.12. The zero-order valence-corrected chi connectivity index (χ0v) is 14.3. The highest BCUT2D eigenvalue weighted by Crippen LogP contribution is 2.39. The van der Waals surface area contributed by atoms with Gasteiger partial charge in [0.15, 0.2) is 5.58 Å². The summed E-state index contributed by atoms with van der Waals surface area (Å²) in [4.78, 5) is 11.3. The van der Waals surface area contributed by atoms with E-state index >= 15 is 0 Å². The SMILES string of the molecule is CCC(C)(Oc1ccc2c(-c3ccccc3F)noc2c1Cl)C(=O)[O-]. The lowest BCUT2D eigenvalue weighted by Crippen LogP contribution is -2.49. The van der Waals surface area contributed by atoms with Crippen LogP contribution in [0.5, 0.6) is 5.75 Å². The summed E-state index contributed by atoms with van der Waals surface area (Å²) < 4.78 is 24.8. The standard InChI is InChI=1S/C18H15ClFNO4/c1-3-18(2,17(22)23)24-13-9-8-11-15(21-25-16(11)14(13)19)10-6-4-5-7-12(10)20/h4-9H,3H2,1-2H3,(H,22,23)/p-1. The Labute approximate surface area is 147 Å². The van der Waals surface area contributed by atoms with Gasteiger partial charge in [0.25, 0.3) is 0 Å². The van der Waals surface area contributed by atoms with Crippen molar-refractivity contribution >= 4 is 28.5 Å². The fourth-order valence-electron chi connectivity index (χ4n) is 2.38. The third-order valence-electron chi connectivity index (χ3n) is 4.12. The van der Waals surface area contributed by atoms with Crippen LogP contribution in [0.3, 0.4) is 0 Å². The summed E-state index contributed by atoms with van der Waals surface area (Å²) in [6, 6.07) is 9.26. The number of halogens is 2. The van der Waals surface area contributed by atoms with Crippen LogP contribution in [0.1, 0.15) is 20.3 Å². The maximum Gasteiger partial charge on any atom is 0.189 e. The summed E-state index contributed by atoms with van der Waals surface area (Å²) in [6.07, 6.45) is 0.181. The minimum absolute atomic E-state index is 0.0634. The van der Waals surface area contributed by atoms with Gasteiger partial charge < -0.3 is 19.2 Å². The van der Waals surface area contributed by atoms with Gasteiger partial charge in [-0.25, -0.2) is 4.39 Å². The van der Waals surface area contributed by atoms with Gasteiger partial charge in [-0.2, -0.15) is 0 Å². The topological polar surface area (TPSA) is 75.4 Å². The van der Waals surface area contributed by atoms with Crippen LogP contribution < -0.4 is 9.84 Å². The van der Waals surface area contributed by atoms with E-state index in [1.165, 1.54) is 19.1 Å². The molecular weight excluding hydrogens is 349 g/mol. The summed E-state index contributed by atoms with van der Waals surface area (Å²) in [5.41, 5.74) is -0.765. The number of carboxylic acids is 1. The molecule has 0 radical (unpaired) electrons. The normalized spacial score (nSPS) is 13.6. The van der Waals surface area contributed by atoms with Crippen LogP contribution in [-0.4, -0.2) is 16.7 Å². The molecule has 0 N–H and O–H groups in total. The van der Waals surface area contributed by atoms with E-state index in [2.05, 4.69) is 5.16 Å². The number of carbonyl (C=O) groups is 1. The average Bonchev–Trinajstić information content (AvgIpc) is 3.02. The average molecular weight is 363 g/mol. The second-order valence-electron chi connectivity index (χ2n) is 5.74. The van der Waals surface area contributed by atoms with Crippen LogP contribution in [-0.2, 0) is 4.79 Å². The Bertz CT molecular complexity index is 955. The summed E-state index contributed by atoms with van der Waals surface area (Å²) >= 11 is 6.28. The molecule has 1 aromatic heterocycles. The molecule has 3 aromatic rings. The van der Waals surface area contributed by atoms with E-state index < -0.39 is 17.4 Å². The van der Waals surface area contributed by atoms with Gasteiger partial charge in [-0.1, -0.05) is 35.8 Å². The molecule has 1 atom stereocenters. The lowest BCUT2D eigenvalue weighted by atomic mass is 10.0. The van der Waals surface area contributed by atoms with E-state index in [1.807, 2.05) is 0 Å². The number of hydrogen-bond acceptors (Lipinski definition) is 5. The van der Waals surface area contributed by atoms with E-state index in [0.717, 1.165) is 0 Å². The van der Waals surface area contributed by atoms with Crippen molar-refractivity contribution in [1.82, 2.24) is 5.16 Å². The van der Waals surface area contributed by atoms with E-state index in [9.17, 15) is 14.3 Å². The van der Waals surface area contributed by atoms with Gasteiger partial charge in [0.2, 0.25) is 0 Å². The van der Waals surface area contributed by atoms with Crippen LogP contribution in [0.4, 0.5) is 4.39 Å². The van der Waals surface area contributed by atoms with Crippen molar-refractivity contribution in [1.29, 1.82) is 0 Å². The third-order valence-corrected chi connectivity index (χ3v) is 4.47. The van der Waals surface area contributed by atoms with Crippen LogP contribution in [0, 0.1) is 5.82 Å². The predicted molar refractivity (Wildman–Crippen MR) is 88.7 cm³/mol. The van der Waals surface area contributed by atoms with Crippen molar-refractivity contribution in [2.75, 3.05) is 0 Å². The molecule has 0 aliphatic heterocycles. The van der Waals surface area contributed by atoms with E-state index in [1.54, 1.807) is 31.2 Å². The number of ether oxygens (including phenoxy) is 1. The fourth-order valence-corrected chi connectivity index (χ4v) is 2.62. The Hall–Kier alpha value is -2.60. The Morgan fingerprint density at radius 3 is 2.72 bits per heavy atom. The summed E-state index contributed by atoms with van der Waals surface area (Å²) in [5, 5.41) is 15.8. The van der Waals surface area contributed by atoms with Crippen LogP contribution in [0.2, 0.25) is 5.02 Å². The monoisotopic (exact) mass is 362 g/mol. The Balaban J connectivity index is 2.09. The van der Waals surface area contributed by atoms with Gasteiger partial charge in [0.05, 0.1) is 11.4 Å². The minimum atomic E-state index is -1.54. The summed E-state index contributed by atoms with van der Waals surface area (Å²) in [5.74, 6) is -1.67. The number of fused-ring (bicyclic) bond motifs is 1. The minimum Gasteiger partial charge on any atom is -0.546 e. The molecule has 5 nitrogen and oxygen atoms in total. The predicted octanol–water partition coefficient (Wildman–Crippen LogP) is 3.58. The van der Waals surface area contributed by atoms with Crippen molar-refractivity contribution in [2.24, 2.45) is 0 Å². The molecule has 7 heteroatoms. The first kappa shape index (κ1) is 17.2. The fraction of sp³-hybridized carbons (Fsp3) is 0.222. The number of rotatable bonds is 5. The van der Waals surface area contributed by atoms with Gasteiger partial charge in [0, 0.05) is 5.56 Å². The van der Waals surface area contributed by atoms with Gasteiger partial charge in [-0.3, -0.25) is 0 Å². The highest BCUT2D eigenvalue weighted by atomic mass is 35.5. The van der Waals surface area contributed by atoms with Crippen LogP contribution >= 0.6 is 11.6 Å². The van der Waals surface area contributed by atoms with Gasteiger partial charge >= 0.3 is 0 Å². The van der Waals surface area contributed by atoms with Gasteiger partial charge in [0.1, 0.15) is 27.9 Å². The molecule has 130 valence electrons. The Morgan fingerprint density at radius 2 is 2.08 bits per heavy atom. The maximum atomic E-state index is 14.0.